The van der Waals surface area contributed by atoms with Crippen molar-refractivity contribution in [3.63, 3.8) is 0 Å². The van der Waals surface area contributed by atoms with Crippen LogP contribution in [0.5, 0.6) is 5.75 Å². The van der Waals surface area contributed by atoms with E-state index in [1.54, 1.807) is 7.11 Å². The van der Waals surface area contributed by atoms with Crippen LogP contribution in [0.1, 0.15) is 25.3 Å². The van der Waals surface area contributed by atoms with Gasteiger partial charge >= 0.3 is 0 Å². The van der Waals surface area contributed by atoms with Gasteiger partial charge in [-0.1, -0.05) is 43.4 Å². The van der Waals surface area contributed by atoms with Crippen LogP contribution in [0.3, 0.4) is 0 Å². The number of benzene rings is 1. The topological polar surface area (TPSA) is 9.23 Å². The molecule has 0 amide bonds. The van der Waals surface area contributed by atoms with Crippen molar-refractivity contribution in [1.82, 2.24) is 0 Å². The Bertz CT molecular complexity index is 545. The highest BCUT2D eigenvalue weighted by Gasteiger charge is 2.36. The monoisotopic (exact) mass is 238 g/mol. The van der Waals surface area contributed by atoms with E-state index in [0.717, 1.165) is 5.75 Å². The Morgan fingerprint density at radius 1 is 1.11 bits per heavy atom. The summed E-state index contributed by atoms with van der Waals surface area (Å²) in [5.74, 6) is 0.916. The molecule has 0 bridgehead atoms. The van der Waals surface area contributed by atoms with E-state index in [4.69, 9.17) is 4.74 Å². The van der Waals surface area contributed by atoms with Crippen molar-refractivity contribution in [2.24, 2.45) is 5.41 Å². The lowest BCUT2D eigenvalue weighted by Crippen LogP contribution is -2.20. The summed E-state index contributed by atoms with van der Waals surface area (Å²) in [7, 11) is 1.71. The molecule has 1 heteroatoms. The lowest BCUT2D eigenvalue weighted by Gasteiger charge is -2.33. The molecule has 0 saturated carbocycles. The van der Waals surface area contributed by atoms with Gasteiger partial charge in [-0.05, 0) is 41.7 Å². The van der Waals surface area contributed by atoms with E-state index < -0.39 is 0 Å². The third-order valence-corrected chi connectivity index (χ3v) is 4.17. The first-order valence-corrected chi connectivity index (χ1v) is 6.48. The Morgan fingerprint density at radius 2 is 1.89 bits per heavy atom. The van der Waals surface area contributed by atoms with Crippen molar-refractivity contribution in [2.45, 2.75) is 19.8 Å². The summed E-state index contributed by atoms with van der Waals surface area (Å²) in [4.78, 5) is 0. The Morgan fingerprint density at radius 3 is 2.61 bits per heavy atom. The molecule has 0 aliphatic heterocycles. The summed E-state index contributed by atoms with van der Waals surface area (Å²) in [6.45, 7) is 2.35. The van der Waals surface area contributed by atoms with Crippen LogP contribution in [-0.2, 0) is 0 Å². The van der Waals surface area contributed by atoms with Crippen molar-refractivity contribution >= 4 is 5.57 Å². The lowest BCUT2D eigenvalue weighted by atomic mass is 9.70. The zero-order valence-electron chi connectivity index (χ0n) is 10.9. The van der Waals surface area contributed by atoms with Crippen LogP contribution in [0.4, 0.5) is 0 Å². The van der Waals surface area contributed by atoms with Gasteiger partial charge in [-0.3, -0.25) is 0 Å². The maximum atomic E-state index is 5.22. The minimum absolute atomic E-state index is 0.198. The quantitative estimate of drug-likeness (QED) is 0.743. The number of hydrogen-bond acceptors (Lipinski definition) is 1. The second-order valence-corrected chi connectivity index (χ2v) is 5.20. The van der Waals surface area contributed by atoms with Crippen LogP contribution in [0, 0.1) is 5.41 Å². The molecule has 0 unspecified atom stereocenters. The third-order valence-electron chi connectivity index (χ3n) is 4.17. The van der Waals surface area contributed by atoms with Gasteiger partial charge in [0, 0.05) is 5.41 Å². The predicted molar refractivity (Wildman–Crippen MR) is 75.5 cm³/mol. The third kappa shape index (κ3) is 1.62. The van der Waals surface area contributed by atoms with E-state index >= 15 is 0 Å². The zero-order valence-corrected chi connectivity index (χ0v) is 10.9. The number of hydrogen-bond donors (Lipinski definition) is 0. The summed E-state index contributed by atoms with van der Waals surface area (Å²) in [5.41, 5.74) is 4.38. The van der Waals surface area contributed by atoms with Gasteiger partial charge in [-0.15, -0.1) is 0 Å². The first-order chi connectivity index (χ1) is 8.74. The maximum absolute atomic E-state index is 5.22. The Kier molecular flexibility index (Phi) is 2.62. The van der Waals surface area contributed by atoms with Crippen molar-refractivity contribution in [3.05, 3.63) is 59.7 Å². The first-order valence-electron chi connectivity index (χ1n) is 6.48. The van der Waals surface area contributed by atoms with Gasteiger partial charge in [0.1, 0.15) is 5.75 Å². The van der Waals surface area contributed by atoms with Crippen molar-refractivity contribution in [1.29, 1.82) is 0 Å². The zero-order chi connectivity index (χ0) is 12.6. The molecule has 1 aromatic rings. The molecule has 1 aromatic carbocycles. The normalized spacial score (nSPS) is 25.4. The van der Waals surface area contributed by atoms with Crippen molar-refractivity contribution < 1.29 is 4.74 Å². The lowest BCUT2D eigenvalue weighted by molar-refractivity contribution is 0.414. The van der Waals surface area contributed by atoms with Gasteiger partial charge in [0.2, 0.25) is 0 Å². The fourth-order valence-corrected chi connectivity index (χ4v) is 2.98. The average molecular weight is 238 g/mol. The Balaban J connectivity index is 1.96. The molecule has 18 heavy (non-hydrogen) atoms. The fourth-order valence-electron chi connectivity index (χ4n) is 2.98. The molecule has 0 N–H and O–H groups in total. The molecule has 92 valence electrons. The van der Waals surface area contributed by atoms with E-state index in [1.165, 1.54) is 29.6 Å². The number of rotatable bonds is 2. The highest BCUT2D eigenvalue weighted by Crippen LogP contribution is 2.51. The molecule has 0 saturated heterocycles. The van der Waals surface area contributed by atoms with E-state index in [-0.39, 0.29) is 5.41 Å². The van der Waals surface area contributed by atoms with E-state index in [2.05, 4.69) is 43.4 Å². The highest BCUT2D eigenvalue weighted by molar-refractivity contribution is 5.79. The molecule has 2 aliphatic rings. The second-order valence-electron chi connectivity index (χ2n) is 5.20. The molecule has 2 aliphatic carbocycles. The van der Waals surface area contributed by atoms with Crippen LogP contribution in [0.25, 0.3) is 5.57 Å². The minimum Gasteiger partial charge on any atom is -0.497 e. The summed E-state index contributed by atoms with van der Waals surface area (Å²) in [6, 6.07) is 8.39. The standard InChI is InChI=1S/C17H18O/c1-17-12-4-3-5-14(17)8-11-16(17)13-6-9-15(18-2)10-7-13/h3,5-11H,4,12H2,1-2H3/t17-/m0/s1. The largest absolute Gasteiger partial charge is 0.497 e. The highest BCUT2D eigenvalue weighted by atomic mass is 16.5. The van der Waals surface area contributed by atoms with Crippen LogP contribution in [0.2, 0.25) is 0 Å². The number of ether oxygens (including phenoxy) is 1. The summed E-state index contributed by atoms with van der Waals surface area (Å²) >= 11 is 0. The van der Waals surface area contributed by atoms with Gasteiger partial charge < -0.3 is 4.74 Å². The maximum Gasteiger partial charge on any atom is 0.118 e. The number of fused-ring (bicyclic) bond motifs is 1. The van der Waals surface area contributed by atoms with Gasteiger partial charge in [-0.25, -0.2) is 0 Å². The summed E-state index contributed by atoms with van der Waals surface area (Å²) in [5, 5.41) is 0. The molecule has 3 rings (SSSR count). The van der Waals surface area contributed by atoms with E-state index in [9.17, 15) is 0 Å². The summed E-state index contributed by atoms with van der Waals surface area (Å²) < 4.78 is 5.22. The molecule has 1 nitrogen and oxygen atoms in total. The van der Waals surface area contributed by atoms with Gasteiger partial charge in [0.15, 0.2) is 0 Å². The van der Waals surface area contributed by atoms with Crippen LogP contribution >= 0.6 is 0 Å². The fraction of sp³-hybridized carbons (Fsp3) is 0.294. The van der Waals surface area contributed by atoms with Crippen LogP contribution < -0.4 is 4.74 Å². The molecule has 0 heterocycles. The SMILES string of the molecule is COc1ccc(C2=CC=C3C=CCC[C@@]32C)cc1. The molecular formula is C17H18O. The minimum atomic E-state index is 0.198. The molecule has 0 aromatic heterocycles. The molecule has 0 fully saturated rings. The Labute approximate surface area is 108 Å². The number of allylic oxidation sites excluding steroid dienone is 6. The molecule has 1 atom stereocenters. The van der Waals surface area contributed by atoms with Gasteiger partial charge in [-0.2, -0.15) is 0 Å². The van der Waals surface area contributed by atoms with E-state index in [0.29, 0.717) is 0 Å². The van der Waals surface area contributed by atoms with Crippen molar-refractivity contribution in [2.75, 3.05) is 7.11 Å². The summed E-state index contributed by atoms with van der Waals surface area (Å²) in [6.07, 6.45) is 11.4. The average Bonchev–Trinajstić information content (AvgIpc) is 2.76. The van der Waals surface area contributed by atoms with Gasteiger partial charge in [0.05, 0.1) is 7.11 Å². The first kappa shape index (κ1) is 11.3. The smallest absolute Gasteiger partial charge is 0.118 e. The Hall–Kier alpha value is -1.76. The molecule has 0 radical (unpaired) electrons. The van der Waals surface area contributed by atoms with E-state index in [1.807, 2.05) is 12.1 Å². The van der Waals surface area contributed by atoms with Crippen molar-refractivity contribution in [3.8, 4) is 5.75 Å². The van der Waals surface area contributed by atoms with Crippen LogP contribution in [-0.4, -0.2) is 7.11 Å². The number of methoxy groups -OCH3 is 1. The second kappa shape index (κ2) is 4.16. The molecular weight excluding hydrogens is 220 g/mol. The molecule has 0 spiro atoms. The predicted octanol–water partition coefficient (Wildman–Crippen LogP) is 4.37. The van der Waals surface area contributed by atoms with Crippen LogP contribution in [0.15, 0.2) is 54.1 Å². The van der Waals surface area contributed by atoms with Gasteiger partial charge in [0.25, 0.3) is 0 Å².